The van der Waals surface area contributed by atoms with E-state index in [0.717, 1.165) is 22.9 Å². The number of nitrogens with zero attached hydrogens (tertiary/aromatic N) is 4. The molecule has 1 heterocycles. The van der Waals surface area contributed by atoms with Crippen molar-refractivity contribution in [3.63, 3.8) is 0 Å². The number of fused-ring (bicyclic) bond motifs is 1. The Labute approximate surface area is 210 Å². The molecule has 0 saturated carbocycles. The van der Waals surface area contributed by atoms with Crippen LogP contribution in [-0.2, 0) is 30.5 Å². The van der Waals surface area contributed by atoms with Crippen molar-refractivity contribution in [2.24, 2.45) is 0 Å². The SMILES string of the molecule is CN(C)CCN(Cc1ccccc1C(F)(F)F)C(=O)CNc1cccc2c1CN(C(=O)N(C)C)CC2. The second-order valence-electron chi connectivity index (χ2n) is 9.42. The van der Waals surface area contributed by atoms with E-state index in [1.807, 2.05) is 37.2 Å². The molecule has 196 valence electrons. The number of hydrogen-bond donors (Lipinski definition) is 1. The summed E-state index contributed by atoms with van der Waals surface area (Å²) in [6.45, 7) is 1.64. The largest absolute Gasteiger partial charge is 0.416 e. The van der Waals surface area contributed by atoms with Gasteiger partial charge in [0.1, 0.15) is 0 Å². The van der Waals surface area contributed by atoms with Crippen LogP contribution in [-0.4, -0.2) is 85.9 Å². The Balaban J connectivity index is 1.76. The number of likely N-dealkylation sites (N-methyl/N-ethyl adjacent to an activating group) is 1. The fourth-order valence-corrected chi connectivity index (χ4v) is 4.23. The van der Waals surface area contributed by atoms with Gasteiger partial charge in [-0.2, -0.15) is 13.2 Å². The summed E-state index contributed by atoms with van der Waals surface area (Å²) < 4.78 is 40.6. The maximum atomic E-state index is 13.5. The first-order chi connectivity index (χ1) is 17.0. The van der Waals surface area contributed by atoms with E-state index >= 15 is 0 Å². The van der Waals surface area contributed by atoms with Crippen LogP contribution < -0.4 is 5.32 Å². The molecule has 3 amide bonds. The van der Waals surface area contributed by atoms with E-state index in [9.17, 15) is 22.8 Å². The molecule has 7 nitrogen and oxygen atoms in total. The summed E-state index contributed by atoms with van der Waals surface area (Å²) in [6, 6.07) is 11.0. The number of urea groups is 1. The summed E-state index contributed by atoms with van der Waals surface area (Å²) >= 11 is 0. The van der Waals surface area contributed by atoms with Crippen LogP contribution in [0.1, 0.15) is 22.3 Å². The molecule has 0 saturated heterocycles. The number of amides is 3. The smallest absolute Gasteiger partial charge is 0.376 e. The predicted octanol–water partition coefficient (Wildman–Crippen LogP) is 3.75. The molecule has 0 atom stereocenters. The number of rotatable bonds is 8. The lowest BCUT2D eigenvalue weighted by Crippen LogP contribution is -2.42. The molecule has 2 aromatic carbocycles. The van der Waals surface area contributed by atoms with Gasteiger partial charge in [-0.05, 0) is 49.3 Å². The van der Waals surface area contributed by atoms with Gasteiger partial charge in [0, 0.05) is 52.5 Å². The second-order valence-corrected chi connectivity index (χ2v) is 9.42. The second kappa shape index (κ2) is 11.6. The lowest BCUT2D eigenvalue weighted by Gasteiger charge is -2.32. The molecule has 1 aliphatic rings. The Bertz CT molecular complexity index is 1070. The zero-order chi connectivity index (χ0) is 26.5. The van der Waals surface area contributed by atoms with Crippen LogP contribution in [0.4, 0.5) is 23.7 Å². The number of nitrogens with one attached hydrogen (secondary N) is 1. The summed E-state index contributed by atoms with van der Waals surface area (Å²) in [4.78, 5) is 32.3. The highest BCUT2D eigenvalue weighted by atomic mass is 19.4. The molecule has 1 N–H and O–H groups in total. The van der Waals surface area contributed by atoms with Gasteiger partial charge in [0.25, 0.3) is 0 Å². The minimum atomic E-state index is -4.50. The van der Waals surface area contributed by atoms with Gasteiger partial charge in [0.2, 0.25) is 5.91 Å². The number of carbonyl (C=O) groups excluding carboxylic acids is 2. The minimum absolute atomic E-state index is 0.0621. The van der Waals surface area contributed by atoms with E-state index < -0.39 is 11.7 Å². The molecule has 0 aromatic heterocycles. The quantitative estimate of drug-likeness (QED) is 0.594. The fraction of sp³-hybridized carbons (Fsp3) is 0.462. The van der Waals surface area contributed by atoms with Crippen LogP contribution in [0, 0.1) is 0 Å². The lowest BCUT2D eigenvalue weighted by molar-refractivity contribution is -0.139. The van der Waals surface area contributed by atoms with E-state index in [1.165, 1.54) is 21.9 Å². The van der Waals surface area contributed by atoms with Crippen molar-refractivity contribution in [1.29, 1.82) is 0 Å². The van der Waals surface area contributed by atoms with Crippen LogP contribution in [0.15, 0.2) is 42.5 Å². The normalized spacial score (nSPS) is 13.4. The van der Waals surface area contributed by atoms with Gasteiger partial charge < -0.3 is 24.9 Å². The highest BCUT2D eigenvalue weighted by Gasteiger charge is 2.33. The molecular weight excluding hydrogens is 471 g/mol. The van der Waals surface area contributed by atoms with Gasteiger partial charge in [-0.25, -0.2) is 4.79 Å². The molecule has 0 unspecified atom stereocenters. The van der Waals surface area contributed by atoms with Gasteiger partial charge in [0.05, 0.1) is 12.1 Å². The Morgan fingerprint density at radius 3 is 2.39 bits per heavy atom. The number of halogens is 3. The Morgan fingerprint density at radius 1 is 1.00 bits per heavy atom. The molecular formula is C26H34F3N5O2. The molecule has 0 spiro atoms. The van der Waals surface area contributed by atoms with Crippen LogP contribution in [0.25, 0.3) is 0 Å². The Kier molecular flexibility index (Phi) is 8.84. The zero-order valence-electron chi connectivity index (χ0n) is 21.2. The third-order valence-electron chi connectivity index (χ3n) is 6.21. The topological polar surface area (TPSA) is 59.1 Å². The summed E-state index contributed by atoms with van der Waals surface area (Å²) in [5.74, 6) is -0.302. The first-order valence-corrected chi connectivity index (χ1v) is 11.9. The monoisotopic (exact) mass is 505 g/mol. The number of hydrogen-bond acceptors (Lipinski definition) is 4. The van der Waals surface area contributed by atoms with Crippen molar-refractivity contribution in [2.45, 2.75) is 25.7 Å². The molecule has 0 aliphatic carbocycles. The summed E-state index contributed by atoms with van der Waals surface area (Å²) in [7, 11) is 7.11. The van der Waals surface area contributed by atoms with Gasteiger partial charge in [0.15, 0.2) is 0 Å². The molecule has 10 heteroatoms. The summed E-state index contributed by atoms with van der Waals surface area (Å²) in [5, 5.41) is 3.18. The maximum absolute atomic E-state index is 13.5. The number of anilines is 1. The fourth-order valence-electron chi connectivity index (χ4n) is 4.23. The van der Waals surface area contributed by atoms with Gasteiger partial charge in [-0.3, -0.25) is 4.79 Å². The van der Waals surface area contributed by atoms with E-state index in [2.05, 4.69) is 5.32 Å². The van der Waals surface area contributed by atoms with E-state index in [-0.39, 0.29) is 37.1 Å². The first kappa shape index (κ1) is 27.3. The van der Waals surface area contributed by atoms with Crippen molar-refractivity contribution in [1.82, 2.24) is 19.6 Å². The molecule has 3 rings (SSSR count). The summed E-state index contributed by atoms with van der Waals surface area (Å²) in [5.41, 5.74) is 2.14. The third kappa shape index (κ3) is 6.90. The highest BCUT2D eigenvalue weighted by Crippen LogP contribution is 2.32. The van der Waals surface area contributed by atoms with Crippen LogP contribution in [0.5, 0.6) is 0 Å². The highest BCUT2D eigenvalue weighted by molar-refractivity contribution is 5.81. The molecule has 2 aromatic rings. The maximum Gasteiger partial charge on any atom is 0.416 e. The number of carbonyl (C=O) groups is 2. The number of alkyl halides is 3. The van der Waals surface area contributed by atoms with Crippen LogP contribution >= 0.6 is 0 Å². The number of benzene rings is 2. The molecule has 0 radical (unpaired) electrons. The predicted molar refractivity (Wildman–Crippen MR) is 134 cm³/mol. The zero-order valence-corrected chi connectivity index (χ0v) is 21.2. The van der Waals surface area contributed by atoms with Crippen molar-refractivity contribution < 1.29 is 22.8 Å². The molecule has 1 aliphatic heterocycles. The Hall–Kier alpha value is -3.27. The average molecular weight is 506 g/mol. The van der Waals surface area contributed by atoms with Crippen LogP contribution in [0.3, 0.4) is 0 Å². The lowest BCUT2D eigenvalue weighted by atomic mass is 9.98. The average Bonchev–Trinajstić information content (AvgIpc) is 2.83. The Morgan fingerprint density at radius 2 is 1.72 bits per heavy atom. The van der Waals surface area contributed by atoms with Gasteiger partial charge in [-0.1, -0.05) is 30.3 Å². The molecule has 0 bridgehead atoms. The van der Waals surface area contributed by atoms with Gasteiger partial charge >= 0.3 is 12.2 Å². The third-order valence-corrected chi connectivity index (χ3v) is 6.21. The van der Waals surface area contributed by atoms with Crippen LogP contribution in [0.2, 0.25) is 0 Å². The van der Waals surface area contributed by atoms with Crippen molar-refractivity contribution in [3.8, 4) is 0 Å². The molecule has 36 heavy (non-hydrogen) atoms. The van der Waals surface area contributed by atoms with Crippen molar-refractivity contribution in [3.05, 3.63) is 64.7 Å². The van der Waals surface area contributed by atoms with E-state index in [0.29, 0.717) is 26.1 Å². The van der Waals surface area contributed by atoms with Crippen molar-refractivity contribution in [2.75, 3.05) is 59.7 Å². The molecule has 0 fully saturated rings. The summed E-state index contributed by atoms with van der Waals surface area (Å²) in [6.07, 6.45) is -3.79. The van der Waals surface area contributed by atoms with Gasteiger partial charge in [-0.15, -0.1) is 0 Å². The van der Waals surface area contributed by atoms with Crippen molar-refractivity contribution >= 4 is 17.6 Å². The first-order valence-electron chi connectivity index (χ1n) is 11.9. The standard InChI is InChI=1S/C26H34F3N5O2/c1-31(2)14-15-33(17-20-8-5-6-10-22(20)26(27,28)29)24(35)16-30-23-11-7-9-19-12-13-34(18-21(19)23)25(36)32(3)4/h5-11,30H,12-18H2,1-4H3. The minimum Gasteiger partial charge on any atom is -0.376 e. The van der Waals surface area contributed by atoms with E-state index in [4.69, 9.17) is 0 Å². The van der Waals surface area contributed by atoms with E-state index in [1.54, 1.807) is 25.1 Å².